The fourth-order valence-corrected chi connectivity index (χ4v) is 5.67. The van der Waals surface area contributed by atoms with Crippen LogP contribution in [-0.2, 0) is 24.4 Å². The number of amides is 1. The number of benzene rings is 1. The van der Waals surface area contributed by atoms with Gasteiger partial charge in [-0.2, -0.15) is 5.10 Å². The number of piperidine rings is 2. The Hall–Kier alpha value is -1.60. The molecule has 0 spiro atoms. The predicted molar refractivity (Wildman–Crippen MR) is 147 cm³/mol. The van der Waals surface area contributed by atoms with E-state index in [0.29, 0.717) is 24.9 Å². The van der Waals surface area contributed by atoms with Crippen LogP contribution in [0.3, 0.4) is 0 Å². The van der Waals surface area contributed by atoms with Crippen LogP contribution in [0.1, 0.15) is 56.4 Å². The highest BCUT2D eigenvalue weighted by molar-refractivity contribution is 5.85. The highest BCUT2D eigenvalue weighted by Gasteiger charge is 2.36. The van der Waals surface area contributed by atoms with E-state index in [-0.39, 0.29) is 30.7 Å². The number of fused-ring (bicyclic) bond motifs is 2. The van der Waals surface area contributed by atoms with Gasteiger partial charge in [-0.3, -0.25) is 14.4 Å². The Balaban J connectivity index is 0.00000216. The lowest BCUT2D eigenvalue weighted by atomic mass is 9.79. The minimum atomic E-state index is 0. The van der Waals surface area contributed by atoms with Crippen molar-refractivity contribution in [3.05, 3.63) is 53.3 Å². The van der Waals surface area contributed by atoms with E-state index in [1.165, 1.54) is 25.1 Å². The molecule has 2 fully saturated rings. The summed E-state index contributed by atoms with van der Waals surface area (Å²) in [7, 11) is 0. The SMILES string of the molecule is CCN(Cc1cn(CC)nc1C)C(=O)CCC[C@H]1NC[C@@H]2C[C@@H]1CN(Cc1ccccc1)C2.Cl.Cl. The zero-order valence-corrected chi connectivity index (χ0v) is 23.1. The number of nitrogens with zero attached hydrogens (tertiary/aromatic N) is 4. The van der Waals surface area contributed by atoms with Gasteiger partial charge in [-0.25, -0.2) is 0 Å². The van der Waals surface area contributed by atoms with E-state index in [2.05, 4.69) is 65.7 Å². The van der Waals surface area contributed by atoms with Crippen LogP contribution in [0, 0.1) is 18.8 Å². The summed E-state index contributed by atoms with van der Waals surface area (Å²) in [5.74, 6) is 1.72. The minimum Gasteiger partial charge on any atom is -0.339 e. The molecule has 1 amide bonds. The molecule has 2 aliphatic heterocycles. The molecule has 3 heterocycles. The van der Waals surface area contributed by atoms with Gasteiger partial charge in [-0.05, 0) is 64.0 Å². The van der Waals surface area contributed by atoms with E-state index in [9.17, 15) is 4.79 Å². The summed E-state index contributed by atoms with van der Waals surface area (Å²) in [6.45, 7) is 13.0. The van der Waals surface area contributed by atoms with E-state index in [4.69, 9.17) is 0 Å². The number of carbonyl (C=O) groups is 1. The molecule has 2 aromatic rings. The second-order valence-electron chi connectivity index (χ2n) is 9.95. The van der Waals surface area contributed by atoms with Crippen LogP contribution >= 0.6 is 24.8 Å². The zero-order chi connectivity index (χ0) is 23.2. The molecular weight excluding hydrogens is 481 g/mol. The standard InChI is InChI=1S/C27H41N5O.2ClH/c1-4-31(19-25-20-32(5-2)29-21(25)3)27(33)13-9-12-26-24-14-23(15-28-26)17-30(18-24)16-22-10-7-6-8-11-22;;/h6-8,10-11,20,23-24,26,28H,4-5,9,12-19H2,1-3H3;2*1H/t23-,24+,26+;;/m0../s1. The topological polar surface area (TPSA) is 53.4 Å². The van der Waals surface area contributed by atoms with Crippen molar-refractivity contribution in [2.24, 2.45) is 11.8 Å². The molecule has 8 heteroatoms. The smallest absolute Gasteiger partial charge is 0.222 e. The third-order valence-electron chi connectivity index (χ3n) is 7.51. The first-order chi connectivity index (χ1) is 16.1. The van der Waals surface area contributed by atoms with Crippen molar-refractivity contribution in [3.8, 4) is 0 Å². The number of aryl methyl sites for hydroxylation is 2. The number of halogens is 2. The molecule has 4 rings (SSSR count). The highest BCUT2D eigenvalue weighted by Crippen LogP contribution is 2.31. The van der Waals surface area contributed by atoms with Gasteiger partial charge in [0.25, 0.3) is 0 Å². The summed E-state index contributed by atoms with van der Waals surface area (Å²) in [4.78, 5) is 17.6. The Bertz CT molecular complexity index is 906. The fourth-order valence-electron chi connectivity index (χ4n) is 5.67. The fraction of sp³-hybridized carbons (Fsp3) is 0.630. The molecule has 2 saturated heterocycles. The number of aromatic nitrogens is 2. The van der Waals surface area contributed by atoms with E-state index in [0.717, 1.165) is 56.2 Å². The van der Waals surface area contributed by atoms with Gasteiger partial charge in [0.2, 0.25) is 5.91 Å². The lowest BCUT2D eigenvalue weighted by molar-refractivity contribution is -0.131. The van der Waals surface area contributed by atoms with Crippen LogP contribution in [-0.4, -0.2) is 57.7 Å². The van der Waals surface area contributed by atoms with Crippen molar-refractivity contribution in [3.63, 3.8) is 0 Å². The van der Waals surface area contributed by atoms with Gasteiger partial charge in [0.1, 0.15) is 0 Å². The van der Waals surface area contributed by atoms with Crippen LogP contribution in [0.5, 0.6) is 0 Å². The number of hydrogen-bond acceptors (Lipinski definition) is 4. The molecule has 1 aromatic heterocycles. The maximum atomic E-state index is 12.9. The Kier molecular flexibility index (Phi) is 12.0. The zero-order valence-electron chi connectivity index (χ0n) is 21.5. The molecule has 0 unspecified atom stereocenters. The molecule has 35 heavy (non-hydrogen) atoms. The second kappa shape index (κ2) is 14.2. The predicted octanol–water partition coefficient (Wildman–Crippen LogP) is 4.68. The second-order valence-corrected chi connectivity index (χ2v) is 9.95. The normalized spacial score (nSPS) is 21.6. The Morgan fingerprint density at radius 2 is 1.94 bits per heavy atom. The molecule has 0 aliphatic carbocycles. The Morgan fingerprint density at radius 1 is 1.17 bits per heavy atom. The molecule has 2 aliphatic rings. The average molecular weight is 525 g/mol. The van der Waals surface area contributed by atoms with E-state index >= 15 is 0 Å². The van der Waals surface area contributed by atoms with Crippen LogP contribution in [0.4, 0.5) is 0 Å². The van der Waals surface area contributed by atoms with E-state index < -0.39 is 0 Å². The van der Waals surface area contributed by atoms with Gasteiger partial charge in [0.05, 0.1) is 5.69 Å². The van der Waals surface area contributed by atoms with E-state index in [1.807, 2.05) is 16.5 Å². The maximum absolute atomic E-state index is 12.9. The summed E-state index contributed by atoms with van der Waals surface area (Å²) in [6, 6.07) is 11.4. The van der Waals surface area contributed by atoms with Gasteiger partial charge < -0.3 is 10.2 Å². The van der Waals surface area contributed by atoms with Crippen LogP contribution in [0.25, 0.3) is 0 Å². The van der Waals surface area contributed by atoms with Crippen molar-refractivity contribution in [2.45, 2.75) is 72.1 Å². The first kappa shape index (κ1) is 29.6. The first-order valence-corrected chi connectivity index (χ1v) is 12.9. The third-order valence-corrected chi connectivity index (χ3v) is 7.51. The number of nitrogens with one attached hydrogen (secondary N) is 1. The van der Waals surface area contributed by atoms with Crippen LogP contribution in [0.2, 0.25) is 0 Å². The Labute approximate surface area is 223 Å². The monoisotopic (exact) mass is 523 g/mol. The average Bonchev–Trinajstić information content (AvgIpc) is 3.18. The molecule has 0 radical (unpaired) electrons. The van der Waals surface area contributed by atoms with Gasteiger partial charge in [-0.1, -0.05) is 30.3 Å². The summed E-state index contributed by atoms with van der Waals surface area (Å²) < 4.78 is 1.95. The van der Waals surface area contributed by atoms with Gasteiger partial charge >= 0.3 is 0 Å². The summed E-state index contributed by atoms with van der Waals surface area (Å²) >= 11 is 0. The van der Waals surface area contributed by atoms with Crippen molar-refractivity contribution in [2.75, 3.05) is 26.2 Å². The summed E-state index contributed by atoms with van der Waals surface area (Å²) in [5, 5.41) is 8.34. The molecule has 6 nitrogen and oxygen atoms in total. The molecule has 2 bridgehead atoms. The van der Waals surface area contributed by atoms with Crippen molar-refractivity contribution in [1.82, 2.24) is 24.9 Å². The van der Waals surface area contributed by atoms with Gasteiger partial charge in [0, 0.05) is 63.5 Å². The largest absolute Gasteiger partial charge is 0.339 e. The number of likely N-dealkylation sites (tertiary alicyclic amines) is 1. The first-order valence-electron chi connectivity index (χ1n) is 12.9. The van der Waals surface area contributed by atoms with Crippen LogP contribution < -0.4 is 5.32 Å². The maximum Gasteiger partial charge on any atom is 0.222 e. The lowest BCUT2D eigenvalue weighted by Gasteiger charge is -2.46. The molecule has 1 aromatic carbocycles. The van der Waals surface area contributed by atoms with Crippen molar-refractivity contribution < 1.29 is 4.79 Å². The van der Waals surface area contributed by atoms with Gasteiger partial charge in [-0.15, -0.1) is 24.8 Å². The van der Waals surface area contributed by atoms with Gasteiger partial charge in [0.15, 0.2) is 0 Å². The molecule has 0 saturated carbocycles. The summed E-state index contributed by atoms with van der Waals surface area (Å²) in [6.07, 6.45) is 6.10. The van der Waals surface area contributed by atoms with E-state index in [1.54, 1.807) is 0 Å². The number of rotatable bonds is 10. The van der Waals surface area contributed by atoms with Crippen molar-refractivity contribution in [1.29, 1.82) is 0 Å². The summed E-state index contributed by atoms with van der Waals surface area (Å²) in [5.41, 5.74) is 3.60. The molecule has 3 atom stereocenters. The molecular formula is C27H43Cl2N5O. The highest BCUT2D eigenvalue weighted by atomic mass is 35.5. The number of hydrogen-bond donors (Lipinski definition) is 1. The van der Waals surface area contributed by atoms with Crippen molar-refractivity contribution >= 4 is 30.7 Å². The lowest BCUT2D eigenvalue weighted by Crippen LogP contribution is -2.55. The quantitative estimate of drug-likeness (QED) is 0.490. The minimum absolute atomic E-state index is 0. The third kappa shape index (κ3) is 7.94. The molecule has 196 valence electrons. The number of carbonyl (C=O) groups excluding carboxylic acids is 1. The molecule has 1 N–H and O–H groups in total. The Morgan fingerprint density at radius 3 is 2.63 bits per heavy atom. The van der Waals surface area contributed by atoms with Crippen LogP contribution in [0.15, 0.2) is 36.5 Å².